The van der Waals surface area contributed by atoms with Gasteiger partial charge >= 0.3 is 11.9 Å². The van der Waals surface area contributed by atoms with E-state index in [1.807, 2.05) is 0 Å². The number of carbonyl (C=O) groups is 2. The second kappa shape index (κ2) is 6.06. The van der Waals surface area contributed by atoms with Crippen molar-refractivity contribution in [3.8, 4) is 0 Å². The lowest BCUT2D eigenvalue weighted by Gasteiger charge is -2.04. The van der Waals surface area contributed by atoms with Gasteiger partial charge in [-0.2, -0.15) is 0 Å². The quantitative estimate of drug-likeness (QED) is 0.391. The minimum absolute atomic E-state index is 0.180. The van der Waals surface area contributed by atoms with Gasteiger partial charge in [-0.15, -0.1) is 0 Å². The summed E-state index contributed by atoms with van der Waals surface area (Å²) < 4.78 is 32.0. The molecule has 0 aliphatic heterocycles. The van der Waals surface area contributed by atoms with Gasteiger partial charge in [0.05, 0.1) is 13.7 Å². The fraction of sp³-hybridized carbons (Fsp3) is 0.500. The number of rotatable bonds is 4. The van der Waals surface area contributed by atoms with Crippen LogP contribution in [-0.4, -0.2) is 32.1 Å². The van der Waals surface area contributed by atoms with E-state index in [2.05, 4.69) is 16.1 Å². The smallest absolute Gasteiger partial charge is 0.417 e. The van der Waals surface area contributed by atoms with Crippen molar-refractivity contribution in [2.45, 2.75) is 12.8 Å². The van der Waals surface area contributed by atoms with E-state index in [9.17, 15) is 18.4 Å². The fourth-order valence-corrected chi connectivity index (χ4v) is 0.526. The van der Waals surface area contributed by atoms with Gasteiger partial charge in [-0.05, 0) is 5.57 Å². The molecule has 0 aromatic heterocycles. The van der Waals surface area contributed by atoms with Crippen LogP contribution >= 0.6 is 0 Å². The molecule has 0 heterocycles. The van der Waals surface area contributed by atoms with Crippen LogP contribution in [-0.2, 0) is 19.1 Å². The molecule has 4 nitrogen and oxygen atoms in total. The molecular formula is C8H10F2O4. The molecule has 0 aliphatic carbocycles. The predicted molar refractivity (Wildman–Crippen MR) is 42.7 cm³/mol. The van der Waals surface area contributed by atoms with Gasteiger partial charge in [0.25, 0.3) is 6.43 Å². The highest BCUT2D eigenvalue weighted by Gasteiger charge is 2.16. The molecule has 0 aliphatic rings. The summed E-state index contributed by atoms with van der Waals surface area (Å²) in [4.78, 5) is 21.1. The Bertz CT molecular complexity index is 237. The van der Waals surface area contributed by atoms with Crippen molar-refractivity contribution in [3.63, 3.8) is 0 Å². The number of halogens is 2. The topological polar surface area (TPSA) is 52.6 Å². The lowest BCUT2D eigenvalue weighted by atomic mass is 10.2. The van der Waals surface area contributed by atoms with Gasteiger partial charge in [-0.3, -0.25) is 0 Å². The summed E-state index contributed by atoms with van der Waals surface area (Å²) in [5, 5.41) is 0. The summed E-state index contributed by atoms with van der Waals surface area (Å²) in [5.41, 5.74) is -0.345. The molecule has 0 saturated carbocycles. The van der Waals surface area contributed by atoms with E-state index in [0.29, 0.717) is 0 Å². The number of alkyl halides is 2. The minimum atomic E-state index is -2.65. The molecular weight excluding hydrogens is 198 g/mol. The highest BCUT2D eigenvalue weighted by Crippen LogP contribution is 2.09. The first-order valence-electron chi connectivity index (χ1n) is 3.70. The van der Waals surface area contributed by atoms with Gasteiger partial charge in [-0.25, -0.2) is 18.4 Å². The average molecular weight is 208 g/mol. The largest absolute Gasteiger partial charge is 0.461 e. The zero-order valence-corrected chi connectivity index (χ0v) is 7.59. The third-order valence-electron chi connectivity index (χ3n) is 1.32. The Morgan fingerprint density at radius 3 is 2.36 bits per heavy atom. The summed E-state index contributed by atoms with van der Waals surface area (Å²) in [5.74, 6) is -2.36. The zero-order chi connectivity index (χ0) is 11.1. The maximum absolute atomic E-state index is 11.8. The molecule has 0 aromatic carbocycles. The second-order valence-electron chi connectivity index (χ2n) is 2.34. The third kappa shape index (κ3) is 4.54. The number of methoxy groups -OCH3 is 1. The highest BCUT2D eigenvalue weighted by atomic mass is 19.3. The van der Waals surface area contributed by atoms with Crippen molar-refractivity contribution in [1.29, 1.82) is 0 Å². The van der Waals surface area contributed by atoms with E-state index in [1.54, 1.807) is 0 Å². The van der Waals surface area contributed by atoms with E-state index in [0.717, 1.165) is 7.11 Å². The molecule has 0 spiro atoms. The Labute approximate surface area is 79.5 Å². The number of esters is 2. The van der Waals surface area contributed by atoms with Crippen LogP contribution in [0.5, 0.6) is 0 Å². The molecule has 0 saturated heterocycles. The predicted octanol–water partition coefficient (Wildman–Crippen LogP) is 0.914. The molecule has 14 heavy (non-hydrogen) atoms. The normalized spacial score (nSPS) is 9.71. The van der Waals surface area contributed by atoms with E-state index < -0.39 is 18.4 Å². The molecule has 80 valence electrons. The van der Waals surface area contributed by atoms with E-state index in [4.69, 9.17) is 0 Å². The first-order chi connectivity index (χ1) is 6.49. The van der Waals surface area contributed by atoms with Crippen LogP contribution < -0.4 is 0 Å². The maximum atomic E-state index is 11.8. The zero-order valence-electron chi connectivity index (χ0n) is 7.59. The van der Waals surface area contributed by atoms with Crippen LogP contribution in [0.3, 0.4) is 0 Å². The number of hydrogen-bond acceptors (Lipinski definition) is 4. The van der Waals surface area contributed by atoms with Gasteiger partial charge in [0.15, 0.2) is 0 Å². The molecule has 0 bridgehead atoms. The third-order valence-corrected chi connectivity index (χ3v) is 1.32. The van der Waals surface area contributed by atoms with Crippen molar-refractivity contribution in [2.24, 2.45) is 0 Å². The summed E-state index contributed by atoms with van der Waals surface area (Å²) in [6, 6.07) is 0. The summed E-state index contributed by atoms with van der Waals surface area (Å²) in [7, 11) is 1.02. The number of carbonyl (C=O) groups excluding carboxylic acids is 2. The van der Waals surface area contributed by atoms with Crippen LogP contribution in [0.15, 0.2) is 12.2 Å². The molecule has 0 unspecified atom stereocenters. The first kappa shape index (κ1) is 12.5. The Balaban J connectivity index is 3.70. The summed E-state index contributed by atoms with van der Waals surface area (Å²) in [6.07, 6.45) is -2.83. The van der Waals surface area contributed by atoms with Gasteiger partial charge in [0.1, 0.15) is 0 Å². The fourth-order valence-electron chi connectivity index (χ4n) is 0.526. The highest BCUT2D eigenvalue weighted by molar-refractivity contribution is 6.29. The summed E-state index contributed by atoms with van der Waals surface area (Å²) >= 11 is 0. The Kier molecular flexibility index (Phi) is 5.43. The van der Waals surface area contributed by atoms with Gasteiger partial charge < -0.3 is 9.47 Å². The van der Waals surface area contributed by atoms with Gasteiger partial charge in [-0.1, -0.05) is 6.58 Å². The van der Waals surface area contributed by atoms with Crippen LogP contribution in [0, 0.1) is 0 Å². The van der Waals surface area contributed by atoms with Crippen molar-refractivity contribution in [3.05, 3.63) is 12.2 Å². The Morgan fingerprint density at radius 2 is 1.93 bits per heavy atom. The van der Waals surface area contributed by atoms with Gasteiger partial charge in [0.2, 0.25) is 0 Å². The van der Waals surface area contributed by atoms with Crippen molar-refractivity contribution in [1.82, 2.24) is 0 Å². The van der Waals surface area contributed by atoms with Crippen molar-refractivity contribution < 1.29 is 27.8 Å². The van der Waals surface area contributed by atoms with Crippen molar-refractivity contribution >= 4 is 11.9 Å². The number of hydrogen-bond donors (Lipinski definition) is 0. The first-order valence-corrected chi connectivity index (χ1v) is 3.70. The lowest BCUT2D eigenvalue weighted by molar-refractivity contribution is -0.165. The van der Waals surface area contributed by atoms with Crippen LogP contribution in [0.1, 0.15) is 6.42 Å². The standard InChI is InChI=1S/C8H10F2O4/c1-5(6(9)10)3-4-14-8(12)7(11)13-2/h6H,1,3-4H2,2H3. The van der Waals surface area contributed by atoms with E-state index in [-0.39, 0.29) is 18.6 Å². The van der Waals surface area contributed by atoms with Crippen LogP contribution in [0.2, 0.25) is 0 Å². The van der Waals surface area contributed by atoms with Crippen molar-refractivity contribution in [2.75, 3.05) is 13.7 Å². The Morgan fingerprint density at radius 1 is 1.36 bits per heavy atom. The molecule has 0 rings (SSSR count). The summed E-state index contributed by atoms with van der Waals surface area (Å²) in [6.45, 7) is 2.75. The number of ether oxygens (including phenoxy) is 2. The molecule has 0 aromatic rings. The van der Waals surface area contributed by atoms with Crippen LogP contribution in [0.4, 0.5) is 8.78 Å². The molecule has 0 radical (unpaired) electrons. The van der Waals surface area contributed by atoms with Gasteiger partial charge in [0, 0.05) is 6.42 Å². The molecule has 0 N–H and O–H groups in total. The lowest BCUT2D eigenvalue weighted by Crippen LogP contribution is -2.19. The SMILES string of the molecule is C=C(CCOC(=O)C(=O)OC)C(F)F. The maximum Gasteiger partial charge on any atom is 0.417 e. The van der Waals surface area contributed by atoms with E-state index in [1.165, 1.54) is 0 Å². The molecule has 0 fully saturated rings. The molecule has 0 amide bonds. The molecule has 0 atom stereocenters. The average Bonchev–Trinajstić information content (AvgIpc) is 2.15. The van der Waals surface area contributed by atoms with E-state index >= 15 is 0 Å². The van der Waals surface area contributed by atoms with Crippen LogP contribution in [0.25, 0.3) is 0 Å². The minimum Gasteiger partial charge on any atom is -0.461 e. The monoisotopic (exact) mass is 208 g/mol. The Hall–Kier alpha value is -1.46. The second-order valence-corrected chi connectivity index (χ2v) is 2.34. The molecule has 6 heteroatoms.